The maximum absolute atomic E-state index is 6.12. The van der Waals surface area contributed by atoms with Gasteiger partial charge in [-0.05, 0) is 0 Å². The number of aliphatic imine (C=N–C) groups is 2. The zero-order chi connectivity index (χ0) is 10.9. The van der Waals surface area contributed by atoms with Crippen molar-refractivity contribution in [1.29, 1.82) is 0 Å². The molecule has 0 amide bonds. The number of alkyl halides is 2. The van der Waals surface area contributed by atoms with Gasteiger partial charge in [-0.15, -0.1) is 0 Å². The minimum atomic E-state index is -0.300. The highest BCUT2D eigenvalue weighted by atomic mass is 35.5. The molecule has 1 aliphatic rings. The predicted octanol–water partition coefficient (Wildman–Crippen LogP) is 1.05. The lowest BCUT2D eigenvalue weighted by atomic mass is 10.3. The molecule has 2 unspecified atom stereocenters. The Bertz CT molecular complexity index is 249. The minimum absolute atomic E-state index is 0.300. The Hall–Kier alpha value is -0.480. The standard InChI is InChI=1S/C8H14Cl2N4/c1-11-7-8(12-2)14(4)6(10)5(9)13(7)3/h5-6H,1-4H3. The van der Waals surface area contributed by atoms with Gasteiger partial charge in [0.15, 0.2) is 11.7 Å². The zero-order valence-electron chi connectivity index (χ0n) is 8.70. The number of nitrogens with zero attached hydrogens (tertiary/aromatic N) is 4. The Kier molecular flexibility index (Phi) is 3.61. The number of amidine groups is 2. The van der Waals surface area contributed by atoms with Crippen LogP contribution in [0.5, 0.6) is 0 Å². The summed E-state index contributed by atoms with van der Waals surface area (Å²) in [4.78, 5) is 11.9. The number of halogens is 2. The van der Waals surface area contributed by atoms with Crippen molar-refractivity contribution in [3.8, 4) is 0 Å². The van der Waals surface area contributed by atoms with E-state index in [1.54, 1.807) is 14.1 Å². The van der Waals surface area contributed by atoms with E-state index >= 15 is 0 Å². The number of hydrogen-bond acceptors (Lipinski definition) is 2. The third-order valence-corrected chi connectivity index (χ3v) is 3.45. The molecule has 0 N–H and O–H groups in total. The fraction of sp³-hybridized carbons (Fsp3) is 0.750. The molecule has 1 heterocycles. The summed E-state index contributed by atoms with van der Waals surface area (Å²) in [7, 11) is 7.13. The topological polar surface area (TPSA) is 31.2 Å². The Labute approximate surface area is 94.2 Å². The van der Waals surface area contributed by atoms with Gasteiger partial charge < -0.3 is 9.80 Å². The second-order valence-electron chi connectivity index (χ2n) is 3.06. The molecule has 0 radical (unpaired) electrons. The van der Waals surface area contributed by atoms with Crippen molar-refractivity contribution in [3.63, 3.8) is 0 Å². The first kappa shape index (κ1) is 11.6. The maximum Gasteiger partial charge on any atom is 0.167 e. The summed E-state index contributed by atoms with van der Waals surface area (Å²) in [5.41, 5.74) is -0.600. The molecule has 0 spiro atoms. The van der Waals surface area contributed by atoms with Crippen molar-refractivity contribution in [2.24, 2.45) is 9.98 Å². The van der Waals surface area contributed by atoms with Gasteiger partial charge in [0.1, 0.15) is 11.0 Å². The third kappa shape index (κ3) is 1.68. The number of likely N-dealkylation sites (N-methyl/N-ethyl adjacent to an activating group) is 2. The lowest BCUT2D eigenvalue weighted by Gasteiger charge is -2.41. The van der Waals surface area contributed by atoms with Gasteiger partial charge >= 0.3 is 0 Å². The quantitative estimate of drug-likeness (QED) is 0.465. The van der Waals surface area contributed by atoms with E-state index in [-0.39, 0.29) is 11.0 Å². The number of hydrogen-bond donors (Lipinski definition) is 0. The summed E-state index contributed by atoms with van der Waals surface area (Å²) in [6.07, 6.45) is 0. The van der Waals surface area contributed by atoms with Gasteiger partial charge in [-0.2, -0.15) is 0 Å². The maximum atomic E-state index is 6.12. The molecule has 0 saturated carbocycles. The van der Waals surface area contributed by atoms with E-state index in [1.165, 1.54) is 0 Å². The van der Waals surface area contributed by atoms with Crippen LogP contribution in [-0.4, -0.2) is 60.7 Å². The normalized spacial score (nSPS) is 34.4. The van der Waals surface area contributed by atoms with Gasteiger partial charge in [-0.1, -0.05) is 23.2 Å². The van der Waals surface area contributed by atoms with Crippen LogP contribution in [0.25, 0.3) is 0 Å². The molecule has 1 rings (SSSR count). The van der Waals surface area contributed by atoms with Gasteiger partial charge in [0.05, 0.1) is 0 Å². The molecule has 0 aromatic carbocycles. The molecule has 0 bridgehead atoms. The minimum Gasteiger partial charge on any atom is -0.338 e. The largest absolute Gasteiger partial charge is 0.338 e. The molecule has 14 heavy (non-hydrogen) atoms. The first-order valence-corrected chi connectivity index (χ1v) is 5.09. The van der Waals surface area contributed by atoms with Gasteiger partial charge in [0, 0.05) is 28.2 Å². The first-order chi connectivity index (χ1) is 6.54. The van der Waals surface area contributed by atoms with Crippen molar-refractivity contribution in [3.05, 3.63) is 0 Å². The molecule has 0 aromatic rings. The Morgan fingerprint density at radius 2 is 1.21 bits per heavy atom. The Morgan fingerprint density at radius 3 is 1.43 bits per heavy atom. The van der Waals surface area contributed by atoms with Crippen molar-refractivity contribution >= 4 is 34.9 Å². The summed E-state index contributed by atoms with van der Waals surface area (Å²) in [5.74, 6) is 1.51. The average Bonchev–Trinajstić information content (AvgIpc) is 2.20. The van der Waals surface area contributed by atoms with Crippen LogP contribution in [0.2, 0.25) is 0 Å². The van der Waals surface area contributed by atoms with Crippen LogP contribution < -0.4 is 0 Å². The zero-order valence-corrected chi connectivity index (χ0v) is 10.2. The summed E-state index contributed by atoms with van der Waals surface area (Å²) < 4.78 is 0. The first-order valence-electron chi connectivity index (χ1n) is 4.22. The third-order valence-electron chi connectivity index (χ3n) is 2.26. The summed E-state index contributed by atoms with van der Waals surface area (Å²) in [6, 6.07) is 0. The van der Waals surface area contributed by atoms with Crippen molar-refractivity contribution in [2.75, 3.05) is 28.2 Å². The molecule has 0 aromatic heterocycles. The fourth-order valence-corrected chi connectivity index (χ4v) is 1.96. The van der Waals surface area contributed by atoms with E-state index < -0.39 is 0 Å². The van der Waals surface area contributed by atoms with Crippen LogP contribution in [0, 0.1) is 0 Å². The van der Waals surface area contributed by atoms with Crippen LogP contribution in [-0.2, 0) is 0 Å². The van der Waals surface area contributed by atoms with Gasteiger partial charge in [-0.25, -0.2) is 0 Å². The number of rotatable bonds is 0. The Morgan fingerprint density at radius 1 is 0.929 bits per heavy atom. The van der Waals surface area contributed by atoms with Crippen LogP contribution >= 0.6 is 23.2 Å². The van der Waals surface area contributed by atoms with Crippen molar-refractivity contribution < 1.29 is 0 Å². The molecule has 1 saturated heterocycles. The van der Waals surface area contributed by atoms with E-state index in [2.05, 4.69) is 9.98 Å². The molecule has 6 heteroatoms. The average molecular weight is 237 g/mol. The van der Waals surface area contributed by atoms with E-state index in [4.69, 9.17) is 23.2 Å². The smallest absolute Gasteiger partial charge is 0.167 e. The summed E-state index contributed by atoms with van der Waals surface area (Å²) in [6.45, 7) is 0. The second kappa shape index (κ2) is 4.36. The molecule has 2 atom stereocenters. The Balaban J connectivity index is 3.09. The van der Waals surface area contributed by atoms with Gasteiger partial charge in [0.2, 0.25) is 0 Å². The van der Waals surface area contributed by atoms with E-state index in [9.17, 15) is 0 Å². The summed E-state index contributed by atoms with van der Waals surface area (Å²) >= 11 is 12.2. The van der Waals surface area contributed by atoms with Crippen molar-refractivity contribution in [2.45, 2.75) is 11.0 Å². The highest BCUT2D eigenvalue weighted by molar-refractivity contribution is 6.45. The molecule has 1 fully saturated rings. The molecule has 1 aliphatic heterocycles. The van der Waals surface area contributed by atoms with Gasteiger partial charge in [-0.3, -0.25) is 9.98 Å². The van der Waals surface area contributed by atoms with E-state index in [1.807, 2.05) is 23.9 Å². The molecule has 0 aliphatic carbocycles. The van der Waals surface area contributed by atoms with Gasteiger partial charge in [0.25, 0.3) is 0 Å². The lowest BCUT2D eigenvalue weighted by Crippen LogP contribution is -2.58. The lowest BCUT2D eigenvalue weighted by molar-refractivity contribution is 0.321. The predicted molar refractivity (Wildman–Crippen MR) is 61.5 cm³/mol. The molecular weight excluding hydrogens is 223 g/mol. The molecule has 4 nitrogen and oxygen atoms in total. The van der Waals surface area contributed by atoms with Crippen molar-refractivity contribution in [1.82, 2.24) is 9.80 Å². The summed E-state index contributed by atoms with van der Waals surface area (Å²) in [5, 5.41) is 0. The SMILES string of the molecule is CN=C1C(=NC)N(C)C(Cl)C(Cl)N1C. The van der Waals surface area contributed by atoms with E-state index in [0.29, 0.717) is 0 Å². The number of piperazine rings is 1. The van der Waals surface area contributed by atoms with E-state index in [0.717, 1.165) is 11.7 Å². The van der Waals surface area contributed by atoms with Crippen LogP contribution in [0.3, 0.4) is 0 Å². The molecular formula is C8H14Cl2N4. The fourth-order valence-electron chi connectivity index (χ4n) is 1.43. The van der Waals surface area contributed by atoms with Crippen LogP contribution in [0.1, 0.15) is 0 Å². The molecule has 80 valence electrons. The van der Waals surface area contributed by atoms with Crippen LogP contribution in [0.4, 0.5) is 0 Å². The van der Waals surface area contributed by atoms with Crippen LogP contribution in [0.15, 0.2) is 9.98 Å². The highest BCUT2D eigenvalue weighted by Gasteiger charge is 2.37. The second-order valence-corrected chi connectivity index (χ2v) is 3.96. The monoisotopic (exact) mass is 236 g/mol. The highest BCUT2D eigenvalue weighted by Crippen LogP contribution is 2.23.